The van der Waals surface area contributed by atoms with Gasteiger partial charge in [0, 0.05) is 18.3 Å². The quantitative estimate of drug-likeness (QED) is 0.806. The Bertz CT molecular complexity index is 832. The molecule has 122 valence electrons. The Balaban J connectivity index is 1.82. The zero-order chi connectivity index (χ0) is 17.1. The first-order valence-electron chi connectivity index (χ1n) is 7.27. The van der Waals surface area contributed by atoms with Crippen molar-refractivity contribution in [3.8, 4) is 5.75 Å². The molecule has 1 aliphatic heterocycles. The lowest BCUT2D eigenvalue weighted by atomic mass is 10.1. The molecule has 0 saturated heterocycles. The minimum atomic E-state index is -0.372. The molecule has 7 heteroatoms. The average Bonchev–Trinajstić information content (AvgIpc) is 2.53. The van der Waals surface area contributed by atoms with Crippen LogP contribution in [-0.4, -0.2) is 24.3 Å². The number of nitrogens with one attached hydrogen (secondary N) is 3. The minimum absolute atomic E-state index is 0.130. The van der Waals surface area contributed by atoms with Gasteiger partial charge in [-0.1, -0.05) is 12.1 Å². The van der Waals surface area contributed by atoms with E-state index in [1.807, 2.05) is 0 Å². The highest BCUT2D eigenvalue weighted by molar-refractivity contribution is 6.09. The fourth-order valence-corrected chi connectivity index (χ4v) is 2.37. The molecule has 0 spiro atoms. The zero-order valence-electron chi connectivity index (χ0n) is 12.9. The second kappa shape index (κ2) is 6.41. The number of carbonyl (C=O) groups is 3. The lowest BCUT2D eigenvalue weighted by Gasteiger charge is -2.20. The Morgan fingerprint density at radius 2 is 1.79 bits per heavy atom. The van der Waals surface area contributed by atoms with Crippen LogP contribution in [0.3, 0.4) is 0 Å². The molecule has 0 fully saturated rings. The Hall–Kier alpha value is -3.35. The van der Waals surface area contributed by atoms with Gasteiger partial charge in [-0.3, -0.25) is 14.4 Å². The van der Waals surface area contributed by atoms with Crippen LogP contribution < -0.4 is 20.7 Å². The van der Waals surface area contributed by atoms with E-state index in [0.717, 1.165) is 0 Å². The summed E-state index contributed by atoms with van der Waals surface area (Å²) in [6.45, 7) is 1.28. The van der Waals surface area contributed by atoms with Gasteiger partial charge in [0.1, 0.15) is 0 Å². The van der Waals surface area contributed by atoms with Gasteiger partial charge in [0.05, 0.1) is 11.3 Å². The highest BCUT2D eigenvalue weighted by atomic mass is 16.5. The first-order valence-corrected chi connectivity index (χ1v) is 7.27. The standard InChI is InChI=1S/C17H15N3O4/c1-10(21)18-11-4-2-5-12(8-11)19-17(23)13-6-3-7-14-16(13)24-9-15(22)20-14/h2-8H,9H2,1H3,(H,18,21)(H,19,23)(H,20,22). The summed E-state index contributed by atoms with van der Waals surface area (Å²) < 4.78 is 5.37. The maximum Gasteiger partial charge on any atom is 0.262 e. The Kier molecular flexibility index (Phi) is 4.15. The first-order chi connectivity index (χ1) is 11.5. The summed E-state index contributed by atoms with van der Waals surface area (Å²) in [5.41, 5.74) is 1.89. The summed E-state index contributed by atoms with van der Waals surface area (Å²) >= 11 is 0. The Morgan fingerprint density at radius 1 is 1.08 bits per heavy atom. The molecule has 0 saturated carbocycles. The van der Waals surface area contributed by atoms with E-state index in [-0.39, 0.29) is 24.3 Å². The van der Waals surface area contributed by atoms with Gasteiger partial charge in [0.15, 0.2) is 12.4 Å². The van der Waals surface area contributed by atoms with Crippen LogP contribution in [0.1, 0.15) is 17.3 Å². The molecule has 1 aliphatic rings. The van der Waals surface area contributed by atoms with Crippen LogP contribution in [0, 0.1) is 0 Å². The van der Waals surface area contributed by atoms with E-state index < -0.39 is 0 Å². The molecule has 24 heavy (non-hydrogen) atoms. The van der Waals surface area contributed by atoms with Crippen LogP contribution in [-0.2, 0) is 9.59 Å². The molecule has 0 bridgehead atoms. The van der Waals surface area contributed by atoms with E-state index in [1.165, 1.54) is 6.92 Å². The predicted octanol–water partition coefficient (Wildman–Crippen LogP) is 2.23. The van der Waals surface area contributed by atoms with Crippen molar-refractivity contribution < 1.29 is 19.1 Å². The smallest absolute Gasteiger partial charge is 0.262 e. The van der Waals surface area contributed by atoms with E-state index in [2.05, 4.69) is 16.0 Å². The topological polar surface area (TPSA) is 96.5 Å². The number of benzene rings is 2. The Labute approximate surface area is 138 Å². The van der Waals surface area contributed by atoms with E-state index in [4.69, 9.17) is 4.74 Å². The van der Waals surface area contributed by atoms with E-state index >= 15 is 0 Å². The minimum Gasteiger partial charge on any atom is -0.481 e. The van der Waals surface area contributed by atoms with Crippen molar-refractivity contribution in [2.75, 3.05) is 22.6 Å². The predicted molar refractivity (Wildman–Crippen MR) is 89.3 cm³/mol. The van der Waals surface area contributed by atoms with Gasteiger partial charge in [-0.25, -0.2) is 0 Å². The monoisotopic (exact) mass is 325 g/mol. The zero-order valence-corrected chi connectivity index (χ0v) is 12.9. The molecule has 3 amide bonds. The van der Waals surface area contributed by atoms with Crippen molar-refractivity contribution in [1.29, 1.82) is 0 Å². The van der Waals surface area contributed by atoms with Crippen LogP contribution in [0.25, 0.3) is 0 Å². The molecule has 3 rings (SSSR count). The summed E-state index contributed by atoms with van der Waals surface area (Å²) in [7, 11) is 0. The molecule has 3 N–H and O–H groups in total. The van der Waals surface area contributed by atoms with Gasteiger partial charge in [0.2, 0.25) is 5.91 Å². The molecular formula is C17H15N3O4. The lowest BCUT2D eigenvalue weighted by Crippen LogP contribution is -2.27. The molecule has 1 heterocycles. The molecule has 2 aromatic carbocycles. The molecule has 2 aromatic rings. The summed E-state index contributed by atoms with van der Waals surface area (Å²) in [6, 6.07) is 11.7. The molecule has 7 nitrogen and oxygen atoms in total. The van der Waals surface area contributed by atoms with Crippen molar-refractivity contribution >= 4 is 34.8 Å². The van der Waals surface area contributed by atoms with Crippen molar-refractivity contribution in [3.05, 3.63) is 48.0 Å². The van der Waals surface area contributed by atoms with Crippen molar-refractivity contribution in [2.45, 2.75) is 6.92 Å². The largest absolute Gasteiger partial charge is 0.481 e. The number of amides is 3. The van der Waals surface area contributed by atoms with E-state index in [0.29, 0.717) is 28.4 Å². The van der Waals surface area contributed by atoms with Crippen LogP contribution in [0.2, 0.25) is 0 Å². The Morgan fingerprint density at radius 3 is 2.54 bits per heavy atom. The molecule has 0 aromatic heterocycles. The average molecular weight is 325 g/mol. The second-order valence-corrected chi connectivity index (χ2v) is 5.24. The van der Waals surface area contributed by atoms with Crippen LogP contribution in [0.15, 0.2) is 42.5 Å². The number of fused-ring (bicyclic) bond motifs is 1. The SMILES string of the molecule is CC(=O)Nc1cccc(NC(=O)c2cccc3c2OCC(=O)N3)c1. The molecule has 0 atom stereocenters. The third-order valence-electron chi connectivity index (χ3n) is 3.32. The summed E-state index contributed by atoms with van der Waals surface area (Å²) in [5.74, 6) is -0.488. The number of anilines is 3. The summed E-state index contributed by atoms with van der Waals surface area (Å²) in [4.78, 5) is 35.0. The van der Waals surface area contributed by atoms with Gasteiger partial charge in [-0.05, 0) is 30.3 Å². The number of para-hydroxylation sites is 1. The van der Waals surface area contributed by atoms with E-state index in [9.17, 15) is 14.4 Å². The number of carbonyl (C=O) groups excluding carboxylic acids is 3. The van der Waals surface area contributed by atoms with Crippen LogP contribution in [0.5, 0.6) is 5.75 Å². The molecular weight excluding hydrogens is 310 g/mol. The van der Waals surface area contributed by atoms with Gasteiger partial charge in [0.25, 0.3) is 11.8 Å². The number of hydrogen-bond donors (Lipinski definition) is 3. The fourth-order valence-electron chi connectivity index (χ4n) is 2.37. The highest BCUT2D eigenvalue weighted by Gasteiger charge is 2.22. The van der Waals surface area contributed by atoms with E-state index in [1.54, 1.807) is 42.5 Å². The third kappa shape index (κ3) is 3.35. The van der Waals surface area contributed by atoms with Gasteiger partial charge in [-0.15, -0.1) is 0 Å². The maximum atomic E-state index is 12.5. The van der Waals surface area contributed by atoms with Crippen molar-refractivity contribution in [1.82, 2.24) is 0 Å². The van der Waals surface area contributed by atoms with Crippen LogP contribution >= 0.6 is 0 Å². The van der Waals surface area contributed by atoms with Gasteiger partial charge in [-0.2, -0.15) is 0 Å². The number of ether oxygens (including phenoxy) is 1. The van der Waals surface area contributed by atoms with Crippen LogP contribution in [0.4, 0.5) is 17.1 Å². The second-order valence-electron chi connectivity index (χ2n) is 5.24. The first kappa shape index (κ1) is 15.5. The van der Waals surface area contributed by atoms with Crippen molar-refractivity contribution in [3.63, 3.8) is 0 Å². The third-order valence-corrected chi connectivity index (χ3v) is 3.32. The fraction of sp³-hybridized carbons (Fsp3) is 0.118. The molecule has 0 aliphatic carbocycles. The van der Waals surface area contributed by atoms with Crippen molar-refractivity contribution in [2.24, 2.45) is 0 Å². The number of rotatable bonds is 3. The molecule has 0 unspecified atom stereocenters. The van der Waals surface area contributed by atoms with Gasteiger partial charge >= 0.3 is 0 Å². The summed E-state index contributed by atoms with van der Waals surface area (Å²) in [6.07, 6.45) is 0. The number of hydrogen-bond acceptors (Lipinski definition) is 4. The highest BCUT2D eigenvalue weighted by Crippen LogP contribution is 2.32. The molecule has 0 radical (unpaired) electrons. The summed E-state index contributed by atoms with van der Waals surface area (Å²) in [5, 5.41) is 8.06. The normalized spacial score (nSPS) is 12.5. The maximum absolute atomic E-state index is 12.5. The lowest BCUT2D eigenvalue weighted by molar-refractivity contribution is -0.118. The van der Waals surface area contributed by atoms with Gasteiger partial charge < -0.3 is 20.7 Å².